The minimum atomic E-state index is 0.125. The van der Waals surface area contributed by atoms with Gasteiger partial charge in [-0.25, -0.2) is 0 Å². The zero-order valence-corrected chi connectivity index (χ0v) is 12.2. The molecule has 0 amide bonds. The minimum absolute atomic E-state index is 0.125. The first kappa shape index (κ1) is 14.8. The van der Waals surface area contributed by atoms with Gasteiger partial charge in [0.2, 0.25) is 0 Å². The normalized spacial score (nSPS) is 10.3. The molecule has 2 rings (SSSR count). The molecule has 2 aromatic rings. The lowest BCUT2D eigenvalue weighted by atomic mass is 10.1. The number of hydrogen-bond donors (Lipinski definition) is 2. The maximum Gasteiger partial charge on any atom is 0.139 e. The number of hydrogen-bond acceptors (Lipinski definition) is 3. The average Bonchev–Trinajstić information content (AvgIpc) is 2.41. The van der Waals surface area contributed by atoms with Gasteiger partial charge in [0.15, 0.2) is 0 Å². The van der Waals surface area contributed by atoms with E-state index < -0.39 is 0 Å². The number of aliphatic hydroxyl groups excluding tert-OH is 1. The highest BCUT2D eigenvalue weighted by Crippen LogP contribution is 2.28. The van der Waals surface area contributed by atoms with E-state index in [1.807, 2.05) is 24.3 Å². The number of nitrogens with two attached hydrogens (primary N) is 1. The molecule has 104 valence electrons. The summed E-state index contributed by atoms with van der Waals surface area (Å²) in [7, 11) is 0. The fourth-order valence-electron chi connectivity index (χ4n) is 1.76. The Morgan fingerprint density at radius 1 is 1.20 bits per heavy atom. The van der Waals surface area contributed by atoms with Crippen LogP contribution in [-0.4, -0.2) is 16.7 Å². The molecular weight excluding hydrogens is 294 g/mol. The Morgan fingerprint density at radius 3 is 2.50 bits per heavy atom. The number of rotatable bonds is 5. The zero-order valence-electron chi connectivity index (χ0n) is 10.7. The summed E-state index contributed by atoms with van der Waals surface area (Å²) in [6.07, 6.45) is 0.621. The van der Waals surface area contributed by atoms with E-state index in [1.54, 1.807) is 18.2 Å². The molecule has 3 nitrogen and oxygen atoms in total. The standard InChI is InChI=1S/C15H14ClNO2S/c16-11-3-6-13(15(17)20)14(9-11)19-12-4-1-10(2-5-12)7-8-18/h1-6,9,18H,7-8H2,(H2,17,20). The van der Waals surface area contributed by atoms with Crippen molar-refractivity contribution < 1.29 is 9.84 Å². The largest absolute Gasteiger partial charge is 0.457 e. The molecule has 0 heterocycles. The molecule has 0 aliphatic rings. The molecule has 5 heteroatoms. The molecule has 2 aromatic carbocycles. The number of ether oxygens (including phenoxy) is 1. The molecule has 0 fully saturated rings. The molecule has 0 saturated carbocycles. The van der Waals surface area contributed by atoms with Gasteiger partial charge in [-0.1, -0.05) is 36.0 Å². The number of aliphatic hydroxyl groups is 1. The smallest absolute Gasteiger partial charge is 0.139 e. The van der Waals surface area contributed by atoms with Crippen LogP contribution in [-0.2, 0) is 6.42 Å². The van der Waals surface area contributed by atoms with Gasteiger partial charge in [-0.05, 0) is 36.2 Å². The van der Waals surface area contributed by atoms with Crippen LogP contribution in [0.25, 0.3) is 0 Å². The summed E-state index contributed by atoms with van der Waals surface area (Å²) in [4.78, 5) is 0.258. The Labute approximate surface area is 127 Å². The van der Waals surface area contributed by atoms with Crippen molar-refractivity contribution in [2.75, 3.05) is 6.61 Å². The summed E-state index contributed by atoms with van der Waals surface area (Å²) >= 11 is 11.0. The minimum Gasteiger partial charge on any atom is -0.457 e. The molecule has 0 radical (unpaired) electrons. The van der Waals surface area contributed by atoms with Crippen molar-refractivity contribution in [1.29, 1.82) is 0 Å². The van der Waals surface area contributed by atoms with Gasteiger partial charge in [0.05, 0.1) is 5.56 Å². The topological polar surface area (TPSA) is 55.5 Å². The number of halogens is 1. The molecule has 0 spiro atoms. The lowest BCUT2D eigenvalue weighted by Crippen LogP contribution is -2.10. The van der Waals surface area contributed by atoms with Crippen molar-refractivity contribution in [3.63, 3.8) is 0 Å². The molecule has 3 N–H and O–H groups in total. The molecule has 0 bridgehead atoms. The van der Waals surface area contributed by atoms with Gasteiger partial charge < -0.3 is 15.6 Å². The Kier molecular flexibility index (Phi) is 4.95. The van der Waals surface area contributed by atoms with Gasteiger partial charge in [0, 0.05) is 17.7 Å². The average molecular weight is 308 g/mol. The molecule has 0 unspecified atom stereocenters. The second kappa shape index (κ2) is 6.70. The molecular formula is C15H14ClNO2S. The summed E-state index contributed by atoms with van der Waals surface area (Å²) in [5.41, 5.74) is 7.35. The van der Waals surface area contributed by atoms with E-state index in [0.29, 0.717) is 28.5 Å². The van der Waals surface area contributed by atoms with Gasteiger partial charge in [-0.3, -0.25) is 0 Å². The maximum absolute atomic E-state index is 8.88. The first-order valence-electron chi connectivity index (χ1n) is 6.07. The van der Waals surface area contributed by atoms with Crippen molar-refractivity contribution in [1.82, 2.24) is 0 Å². The van der Waals surface area contributed by atoms with Crippen LogP contribution >= 0.6 is 23.8 Å². The Bertz CT molecular complexity index is 614. The molecule has 0 saturated heterocycles. The summed E-state index contributed by atoms with van der Waals surface area (Å²) < 4.78 is 5.77. The Hall–Kier alpha value is -1.62. The van der Waals surface area contributed by atoms with Gasteiger partial charge in [0.1, 0.15) is 16.5 Å². The van der Waals surface area contributed by atoms with Gasteiger partial charge >= 0.3 is 0 Å². The zero-order chi connectivity index (χ0) is 14.5. The summed E-state index contributed by atoms with van der Waals surface area (Å²) in [6, 6.07) is 12.6. The fraction of sp³-hybridized carbons (Fsp3) is 0.133. The van der Waals surface area contributed by atoms with Crippen molar-refractivity contribution in [2.45, 2.75) is 6.42 Å². The van der Waals surface area contributed by atoms with Crippen molar-refractivity contribution >= 4 is 28.8 Å². The summed E-state index contributed by atoms with van der Waals surface area (Å²) in [6.45, 7) is 0.125. The Balaban J connectivity index is 2.25. The lowest BCUT2D eigenvalue weighted by molar-refractivity contribution is 0.299. The van der Waals surface area contributed by atoms with Gasteiger partial charge in [-0.15, -0.1) is 0 Å². The second-order valence-corrected chi connectivity index (χ2v) is 5.10. The first-order valence-corrected chi connectivity index (χ1v) is 6.86. The third kappa shape index (κ3) is 3.70. The third-order valence-corrected chi connectivity index (χ3v) is 3.22. The van der Waals surface area contributed by atoms with E-state index in [1.165, 1.54) is 0 Å². The highest BCUT2D eigenvalue weighted by molar-refractivity contribution is 7.80. The van der Waals surface area contributed by atoms with Crippen LogP contribution in [0, 0.1) is 0 Å². The highest BCUT2D eigenvalue weighted by atomic mass is 35.5. The number of thiocarbonyl (C=S) groups is 1. The van der Waals surface area contributed by atoms with Crippen LogP contribution in [0.15, 0.2) is 42.5 Å². The van der Waals surface area contributed by atoms with Crippen LogP contribution in [0.1, 0.15) is 11.1 Å². The summed E-state index contributed by atoms with van der Waals surface area (Å²) in [5, 5.41) is 9.43. The predicted molar refractivity (Wildman–Crippen MR) is 84.6 cm³/mol. The van der Waals surface area contributed by atoms with E-state index in [-0.39, 0.29) is 11.6 Å². The first-order chi connectivity index (χ1) is 9.60. The van der Waals surface area contributed by atoms with E-state index in [4.69, 9.17) is 39.4 Å². The van der Waals surface area contributed by atoms with Crippen LogP contribution in [0.5, 0.6) is 11.5 Å². The van der Waals surface area contributed by atoms with E-state index >= 15 is 0 Å². The predicted octanol–water partition coefficient (Wildman–Crippen LogP) is 3.30. The van der Waals surface area contributed by atoms with E-state index in [9.17, 15) is 0 Å². The molecule has 20 heavy (non-hydrogen) atoms. The second-order valence-electron chi connectivity index (χ2n) is 4.22. The molecule has 0 aliphatic carbocycles. The SMILES string of the molecule is NC(=S)c1ccc(Cl)cc1Oc1ccc(CCO)cc1. The number of benzene rings is 2. The monoisotopic (exact) mass is 307 g/mol. The summed E-state index contributed by atoms with van der Waals surface area (Å²) in [5.74, 6) is 1.19. The molecule has 0 aromatic heterocycles. The molecule has 0 atom stereocenters. The van der Waals surface area contributed by atoms with Crippen molar-refractivity contribution in [3.05, 3.63) is 58.6 Å². The van der Waals surface area contributed by atoms with E-state index in [2.05, 4.69) is 0 Å². The highest BCUT2D eigenvalue weighted by Gasteiger charge is 2.08. The quantitative estimate of drug-likeness (QED) is 0.832. The fourth-order valence-corrected chi connectivity index (χ4v) is 2.10. The van der Waals surface area contributed by atoms with Crippen LogP contribution in [0.3, 0.4) is 0 Å². The van der Waals surface area contributed by atoms with Gasteiger partial charge in [0.25, 0.3) is 0 Å². The van der Waals surface area contributed by atoms with Crippen molar-refractivity contribution in [2.24, 2.45) is 5.73 Å². The van der Waals surface area contributed by atoms with Gasteiger partial charge in [-0.2, -0.15) is 0 Å². The van der Waals surface area contributed by atoms with E-state index in [0.717, 1.165) is 5.56 Å². The van der Waals surface area contributed by atoms with Crippen molar-refractivity contribution in [3.8, 4) is 11.5 Å². The maximum atomic E-state index is 8.88. The lowest BCUT2D eigenvalue weighted by Gasteiger charge is -2.11. The van der Waals surface area contributed by atoms with Crippen LogP contribution < -0.4 is 10.5 Å². The van der Waals surface area contributed by atoms with Crippen LogP contribution in [0.4, 0.5) is 0 Å². The molecule has 0 aliphatic heterocycles. The van der Waals surface area contributed by atoms with Crippen LogP contribution in [0.2, 0.25) is 5.02 Å². The Morgan fingerprint density at radius 2 is 1.90 bits per heavy atom. The third-order valence-electron chi connectivity index (χ3n) is 2.76.